The van der Waals surface area contributed by atoms with Gasteiger partial charge < -0.3 is 14.6 Å². The Morgan fingerprint density at radius 2 is 2.21 bits per heavy atom. The first kappa shape index (κ1) is 17.0. The van der Waals surface area contributed by atoms with Gasteiger partial charge in [-0.05, 0) is 25.0 Å². The number of carbonyl (C=O) groups is 1. The number of aromatic nitrogens is 3. The fourth-order valence-corrected chi connectivity index (χ4v) is 3.48. The molecule has 1 fully saturated rings. The van der Waals surface area contributed by atoms with E-state index in [1.54, 1.807) is 0 Å². The molecule has 1 N–H and O–H groups in total. The van der Waals surface area contributed by atoms with E-state index in [-0.39, 0.29) is 12.0 Å². The molecule has 0 aliphatic carbocycles. The maximum Gasteiger partial charge on any atom is 0.234 e. The van der Waals surface area contributed by atoms with Crippen LogP contribution in [0.15, 0.2) is 35.5 Å². The van der Waals surface area contributed by atoms with E-state index >= 15 is 0 Å². The van der Waals surface area contributed by atoms with Crippen molar-refractivity contribution in [3.05, 3.63) is 36.2 Å². The van der Waals surface area contributed by atoms with Crippen LogP contribution in [0.4, 0.5) is 5.69 Å². The minimum atomic E-state index is -0.0454. The summed E-state index contributed by atoms with van der Waals surface area (Å²) >= 11 is 1.42. The Balaban J connectivity index is 1.60. The number of aryl methyl sites for hydroxylation is 1. The fraction of sp³-hybridized carbons (Fsp3) is 0.471. The number of para-hydroxylation sites is 1. The monoisotopic (exact) mass is 346 g/mol. The number of anilines is 1. The lowest BCUT2D eigenvalue weighted by Crippen LogP contribution is -2.19. The Labute approximate surface area is 146 Å². The van der Waals surface area contributed by atoms with E-state index in [0.29, 0.717) is 5.75 Å². The zero-order valence-electron chi connectivity index (χ0n) is 13.8. The Morgan fingerprint density at radius 3 is 2.92 bits per heavy atom. The molecule has 0 radical (unpaired) electrons. The predicted octanol–water partition coefficient (Wildman–Crippen LogP) is 2.75. The van der Waals surface area contributed by atoms with Gasteiger partial charge in [-0.3, -0.25) is 4.79 Å². The van der Waals surface area contributed by atoms with Crippen molar-refractivity contribution >= 4 is 23.4 Å². The number of rotatable bonds is 7. The summed E-state index contributed by atoms with van der Waals surface area (Å²) in [7, 11) is 0. The van der Waals surface area contributed by atoms with Gasteiger partial charge >= 0.3 is 0 Å². The summed E-state index contributed by atoms with van der Waals surface area (Å²) in [6.07, 6.45) is 3.22. The molecule has 2 aromatic rings. The number of ether oxygens (including phenoxy) is 1. The van der Waals surface area contributed by atoms with Gasteiger partial charge in [0.05, 0.1) is 18.4 Å². The summed E-state index contributed by atoms with van der Waals surface area (Å²) in [5.74, 6) is 1.20. The Morgan fingerprint density at radius 1 is 1.38 bits per heavy atom. The van der Waals surface area contributed by atoms with Gasteiger partial charge in [0.15, 0.2) is 5.16 Å². The Kier molecular flexibility index (Phi) is 5.87. The van der Waals surface area contributed by atoms with Crippen LogP contribution in [0, 0.1) is 0 Å². The quantitative estimate of drug-likeness (QED) is 0.781. The second-order valence-corrected chi connectivity index (χ2v) is 6.64. The first-order chi connectivity index (χ1) is 11.8. The van der Waals surface area contributed by atoms with E-state index in [9.17, 15) is 4.79 Å². The summed E-state index contributed by atoms with van der Waals surface area (Å²) in [5.41, 5.74) is 0.804. The molecule has 7 heteroatoms. The zero-order valence-corrected chi connectivity index (χ0v) is 14.6. The molecule has 2 heterocycles. The highest BCUT2D eigenvalue weighted by molar-refractivity contribution is 7.99. The van der Waals surface area contributed by atoms with Gasteiger partial charge in [-0.2, -0.15) is 0 Å². The van der Waals surface area contributed by atoms with Crippen LogP contribution in [0.1, 0.15) is 25.6 Å². The van der Waals surface area contributed by atoms with Crippen molar-refractivity contribution in [2.24, 2.45) is 0 Å². The van der Waals surface area contributed by atoms with Crippen LogP contribution >= 0.6 is 11.8 Å². The molecule has 24 heavy (non-hydrogen) atoms. The molecule has 128 valence electrons. The maximum atomic E-state index is 12.1. The number of nitrogens with one attached hydrogen (secondary N) is 1. The number of nitrogens with zero attached hydrogens (tertiary/aromatic N) is 3. The van der Waals surface area contributed by atoms with Gasteiger partial charge in [0.25, 0.3) is 0 Å². The molecule has 0 bridgehead atoms. The normalized spacial score (nSPS) is 17.1. The van der Waals surface area contributed by atoms with Gasteiger partial charge in [0, 0.05) is 18.7 Å². The van der Waals surface area contributed by atoms with Crippen molar-refractivity contribution in [1.82, 2.24) is 14.8 Å². The summed E-state index contributed by atoms with van der Waals surface area (Å²) in [6, 6.07) is 9.46. The number of thioether (sulfide) groups is 1. The van der Waals surface area contributed by atoms with Crippen molar-refractivity contribution in [3.63, 3.8) is 0 Å². The lowest BCUT2D eigenvalue weighted by atomic mass is 10.2. The molecule has 1 saturated heterocycles. The molecule has 0 spiro atoms. The van der Waals surface area contributed by atoms with Crippen LogP contribution in [-0.2, 0) is 22.5 Å². The van der Waals surface area contributed by atoms with Crippen LogP contribution in [0.5, 0.6) is 0 Å². The van der Waals surface area contributed by atoms with Crippen LogP contribution in [0.25, 0.3) is 0 Å². The number of carbonyl (C=O) groups excluding carboxylic acids is 1. The van der Waals surface area contributed by atoms with E-state index in [1.165, 1.54) is 11.8 Å². The molecule has 1 aliphatic rings. The zero-order chi connectivity index (χ0) is 16.8. The van der Waals surface area contributed by atoms with Gasteiger partial charge in [-0.1, -0.05) is 36.9 Å². The molecule has 0 unspecified atom stereocenters. The van der Waals surface area contributed by atoms with Crippen molar-refractivity contribution < 1.29 is 9.53 Å². The smallest absolute Gasteiger partial charge is 0.234 e. The molecule has 3 rings (SSSR count). The molecular weight excluding hydrogens is 324 g/mol. The Bertz CT molecular complexity index is 668. The van der Waals surface area contributed by atoms with Crippen molar-refractivity contribution in [2.75, 3.05) is 17.7 Å². The first-order valence-corrected chi connectivity index (χ1v) is 9.26. The first-order valence-electron chi connectivity index (χ1n) is 8.27. The molecule has 6 nitrogen and oxygen atoms in total. The van der Waals surface area contributed by atoms with Crippen molar-refractivity contribution in [1.29, 1.82) is 0 Å². The summed E-state index contributed by atoms with van der Waals surface area (Å²) in [4.78, 5) is 12.1. The number of amides is 1. The van der Waals surface area contributed by atoms with Gasteiger partial charge in [-0.25, -0.2) is 0 Å². The number of benzene rings is 1. The highest BCUT2D eigenvalue weighted by Gasteiger charge is 2.20. The predicted molar refractivity (Wildman–Crippen MR) is 94.2 cm³/mol. The van der Waals surface area contributed by atoms with Crippen LogP contribution in [0.2, 0.25) is 0 Å². The number of hydrogen-bond donors (Lipinski definition) is 1. The minimum absolute atomic E-state index is 0.0454. The van der Waals surface area contributed by atoms with Gasteiger partial charge in [-0.15, -0.1) is 10.2 Å². The maximum absolute atomic E-state index is 12.1. The molecule has 1 aromatic carbocycles. The number of hydrogen-bond acceptors (Lipinski definition) is 5. The molecule has 1 atom stereocenters. The third-order valence-electron chi connectivity index (χ3n) is 3.91. The average Bonchev–Trinajstić information content (AvgIpc) is 3.24. The summed E-state index contributed by atoms with van der Waals surface area (Å²) in [5, 5.41) is 12.2. The van der Waals surface area contributed by atoms with Gasteiger partial charge in [0.1, 0.15) is 5.82 Å². The lowest BCUT2D eigenvalue weighted by Gasteiger charge is -2.14. The lowest BCUT2D eigenvalue weighted by molar-refractivity contribution is -0.113. The van der Waals surface area contributed by atoms with Crippen LogP contribution in [0.3, 0.4) is 0 Å². The molecular formula is C17H22N4O2S. The molecule has 1 aromatic heterocycles. The van der Waals surface area contributed by atoms with E-state index in [4.69, 9.17) is 4.74 Å². The van der Waals surface area contributed by atoms with E-state index < -0.39 is 0 Å². The molecule has 0 saturated carbocycles. The Hall–Kier alpha value is -1.86. The second-order valence-electron chi connectivity index (χ2n) is 5.70. The third kappa shape index (κ3) is 4.36. The topological polar surface area (TPSA) is 69.0 Å². The average molecular weight is 346 g/mol. The largest absolute Gasteiger partial charge is 0.376 e. The van der Waals surface area contributed by atoms with Crippen LogP contribution < -0.4 is 5.32 Å². The third-order valence-corrected chi connectivity index (χ3v) is 4.88. The SMILES string of the molecule is CCc1nnc(SCC(=O)Nc2ccccc2)n1C[C@@H]1CCCO1. The van der Waals surface area contributed by atoms with Crippen molar-refractivity contribution in [3.8, 4) is 0 Å². The summed E-state index contributed by atoms with van der Waals surface area (Å²) < 4.78 is 7.81. The van der Waals surface area contributed by atoms with Crippen molar-refractivity contribution in [2.45, 2.75) is 44.0 Å². The molecule has 1 amide bonds. The van der Waals surface area contributed by atoms with E-state index in [0.717, 1.165) is 49.1 Å². The highest BCUT2D eigenvalue weighted by atomic mass is 32.2. The van der Waals surface area contributed by atoms with E-state index in [2.05, 4.69) is 27.0 Å². The second kappa shape index (κ2) is 8.30. The van der Waals surface area contributed by atoms with Crippen LogP contribution in [-0.4, -0.2) is 39.1 Å². The fourth-order valence-electron chi connectivity index (χ4n) is 2.71. The van der Waals surface area contributed by atoms with Gasteiger partial charge in [0.2, 0.25) is 5.91 Å². The van der Waals surface area contributed by atoms with E-state index in [1.807, 2.05) is 30.3 Å². The summed E-state index contributed by atoms with van der Waals surface area (Å²) in [6.45, 7) is 3.65. The minimum Gasteiger partial charge on any atom is -0.376 e. The highest BCUT2D eigenvalue weighted by Crippen LogP contribution is 2.21. The molecule has 1 aliphatic heterocycles. The standard InChI is InChI=1S/C17H22N4O2S/c1-2-15-19-20-17(21(15)11-14-9-6-10-23-14)24-12-16(22)18-13-7-4-3-5-8-13/h3-5,7-8,14H,2,6,9-12H2,1H3,(H,18,22)/t14-/m0/s1.